The second-order valence-electron chi connectivity index (χ2n) is 6.92. The summed E-state index contributed by atoms with van der Waals surface area (Å²) < 4.78 is 11.8. The minimum atomic E-state index is 0.448. The van der Waals surface area contributed by atoms with Crippen molar-refractivity contribution in [3.8, 4) is 5.88 Å². The van der Waals surface area contributed by atoms with Gasteiger partial charge in [0, 0.05) is 17.3 Å². The van der Waals surface area contributed by atoms with Gasteiger partial charge in [-0.15, -0.1) is 0 Å². The van der Waals surface area contributed by atoms with Crippen molar-refractivity contribution in [1.29, 1.82) is 0 Å². The molecule has 4 nitrogen and oxygen atoms in total. The first-order chi connectivity index (χ1) is 14.1. The van der Waals surface area contributed by atoms with Crippen LogP contribution in [0, 0.1) is 6.92 Å². The third-order valence-corrected chi connectivity index (χ3v) is 4.60. The highest BCUT2D eigenvalue weighted by molar-refractivity contribution is 5.77. The number of para-hydroxylation sites is 2. The van der Waals surface area contributed by atoms with Crippen LogP contribution in [0.2, 0.25) is 0 Å². The van der Waals surface area contributed by atoms with Gasteiger partial charge in [0.15, 0.2) is 5.58 Å². The number of rotatable bonds is 6. The summed E-state index contributed by atoms with van der Waals surface area (Å²) >= 11 is 0. The van der Waals surface area contributed by atoms with Crippen molar-refractivity contribution < 1.29 is 9.15 Å². The normalized spacial score (nSPS) is 11.2. The summed E-state index contributed by atoms with van der Waals surface area (Å²) in [6.07, 6.45) is 3.76. The van der Waals surface area contributed by atoms with Crippen LogP contribution in [0.25, 0.3) is 28.8 Å². The van der Waals surface area contributed by atoms with Crippen LogP contribution in [0.1, 0.15) is 35.2 Å². The Morgan fingerprint density at radius 3 is 2.55 bits per heavy atom. The minimum Gasteiger partial charge on any atom is -0.472 e. The van der Waals surface area contributed by atoms with Crippen molar-refractivity contribution in [3.05, 3.63) is 95.5 Å². The molecule has 0 aliphatic rings. The molecule has 0 N–H and O–H groups in total. The zero-order chi connectivity index (χ0) is 20.2. The third-order valence-electron chi connectivity index (χ3n) is 4.60. The predicted octanol–water partition coefficient (Wildman–Crippen LogP) is 6.31. The first-order valence-electron chi connectivity index (χ1n) is 9.48. The van der Waals surface area contributed by atoms with Crippen molar-refractivity contribution >= 4 is 28.8 Å². The van der Waals surface area contributed by atoms with Gasteiger partial charge in [0.25, 0.3) is 0 Å². The fourth-order valence-electron chi connectivity index (χ4n) is 3.11. The van der Waals surface area contributed by atoms with E-state index >= 15 is 0 Å². The number of fused-ring (bicyclic) bond motifs is 1. The molecular formula is C25H22N2O2. The number of oxazole rings is 1. The van der Waals surface area contributed by atoms with Gasteiger partial charge in [0.05, 0.1) is 0 Å². The third kappa shape index (κ3) is 4.27. The van der Waals surface area contributed by atoms with Crippen LogP contribution in [0.15, 0.2) is 71.7 Å². The number of pyridine rings is 1. The Bertz CT molecular complexity index is 1160. The molecule has 4 rings (SSSR count). The Morgan fingerprint density at radius 2 is 1.79 bits per heavy atom. The molecule has 0 bridgehead atoms. The second kappa shape index (κ2) is 8.15. The van der Waals surface area contributed by atoms with Crippen LogP contribution in [-0.4, -0.2) is 9.97 Å². The maximum atomic E-state index is 6.04. The summed E-state index contributed by atoms with van der Waals surface area (Å²) in [5.74, 6) is 1.11. The number of allylic oxidation sites excluding steroid dienone is 1. The minimum absolute atomic E-state index is 0.448. The van der Waals surface area contributed by atoms with Crippen LogP contribution in [0.5, 0.6) is 5.88 Å². The van der Waals surface area contributed by atoms with Crippen LogP contribution < -0.4 is 4.74 Å². The van der Waals surface area contributed by atoms with Gasteiger partial charge in [-0.1, -0.05) is 49.0 Å². The van der Waals surface area contributed by atoms with E-state index in [-0.39, 0.29) is 0 Å². The summed E-state index contributed by atoms with van der Waals surface area (Å²) in [4.78, 5) is 9.17. The molecule has 0 saturated carbocycles. The molecule has 0 saturated heterocycles. The maximum absolute atomic E-state index is 6.04. The zero-order valence-corrected chi connectivity index (χ0v) is 16.6. The van der Waals surface area contributed by atoms with Gasteiger partial charge >= 0.3 is 0 Å². The predicted molar refractivity (Wildman–Crippen MR) is 117 cm³/mol. The number of nitrogens with zero attached hydrogens (tertiary/aromatic N) is 2. The standard InChI is InChI=1S/C25H22N2O2/c1-17(2)21-15-20(13-14-24-27-22-11-7-8-12-23(22)29-24)25(26-18(21)3)28-16-19-9-5-4-6-10-19/h4-15H,1,16H2,2-3H3. The number of benzene rings is 2. The topological polar surface area (TPSA) is 48.2 Å². The van der Waals surface area contributed by atoms with Crippen LogP contribution >= 0.6 is 0 Å². The van der Waals surface area contributed by atoms with Crippen molar-refractivity contribution in [3.63, 3.8) is 0 Å². The molecule has 0 unspecified atom stereocenters. The van der Waals surface area contributed by atoms with E-state index in [1.54, 1.807) is 0 Å². The Hall–Kier alpha value is -3.66. The van der Waals surface area contributed by atoms with Gasteiger partial charge in [-0.2, -0.15) is 0 Å². The summed E-state index contributed by atoms with van der Waals surface area (Å²) in [6, 6.07) is 19.8. The van der Waals surface area contributed by atoms with Gasteiger partial charge in [0.2, 0.25) is 11.8 Å². The van der Waals surface area contributed by atoms with E-state index in [9.17, 15) is 0 Å². The first-order valence-corrected chi connectivity index (χ1v) is 9.48. The first kappa shape index (κ1) is 18.7. The lowest BCUT2D eigenvalue weighted by Crippen LogP contribution is -2.02. The summed E-state index contributed by atoms with van der Waals surface area (Å²) in [5.41, 5.74) is 6.39. The van der Waals surface area contributed by atoms with Crippen molar-refractivity contribution in [2.24, 2.45) is 0 Å². The monoisotopic (exact) mass is 382 g/mol. The molecule has 0 atom stereocenters. The van der Waals surface area contributed by atoms with Crippen LogP contribution in [0.4, 0.5) is 0 Å². The van der Waals surface area contributed by atoms with Crippen molar-refractivity contribution in [2.45, 2.75) is 20.5 Å². The lowest BCUT2D eigenvalue weighted by molar-refractivity contribution is 0.292. The average molecular weight is 382 g/mol. The van der Waals surface area contributed by atoms with Crippen LogP contribution in [0.3, 0.4) is 0 Å². The van der Waals surface area contributed by atoms with Crippen molar-refractivity contribution in [1.82, 2.24) is 9.97 Å². The maximum Gasteiger partial charge on any atom is 0.221 e. The SMILES string of the molecule is C=C(C)c1cc(C=Cc2nc3ccccc3o2)c(OCc2ccccc2)nc1C. The largest absolute Gasteiger partial charge is 0.472 e. The van der Waals surface area contributed by atoms with Crippen LogP contribution in [-0.2, 0) is 6.61 Å². The van der Waals surface area contributed by atoms with E-state index in [2.05, 4.69) is 16.5 Å². The Balaban J connectivity index is 1.66. The molecule has 29 heavy (non-hydrogen) atoms. The Morgan fingerprint density at radius 1 is 1.03 bits per heavy atom. The number of aromatic nitrogens is 2. The van der Waals surface area contributed by atoms with Crippen molar-refractivity contribution in [2.75, 3.05) is 0 Å². The highest BCUT2D eigenvalue weighted by Crippen LogP contribution is 2.27. The molecule has 0 aliphatic carbocycles. The molecule has 2 heterocycles. The van der Waals surface area contributed by atoms with Gasteiger partial charge in [0.1, 0.15) is 12.1 Å². The fraction of sp³-hybridized carbons (Fsp3) is 0.120. The molecule has 2 aromatic carbocycles. The molecule has 4 aromatic rings. The van der Waals surface area contributed by atoms with Gasteiger partial charge in [-0.25, -0.2) is 9.97 Å². The summed E-state index contributed by atoms with van der Waals surface area (Å²) in [5, 5.41) is 0. The number of hydrogen-bond acceptors (Lipinski definition) is 4. The highest BCUT2D eigenvalue weighted by atomic mass is 16.5. The summed E-state index contributed by atoms with van der Waals surface area (Å²) in [6.45, 7) is 8.45. The molecule has 0 amide bonds. The lowest BCUT2D eigenvalue weighted by Gasteiger charge is -2.13. The molecule has 0 spiro atoms. The fourth-order valence-corrected chi connectivity index (χ4v) is 3.11. The molecule has 144 valence electrons. The molecule has 4 heteroatoms. The van der Waals surface area contributed by atoms with E-state index < -0.39 is 0 Å². The lowest BCUT2D eigenvalue weighted by atomic mass is 10.0. The van der Waals surface area contributed by atoms with E-state index in [0.717, 1.165) is 39.1 Å². The van der Waals surface area contributed by atoms with E-state index in [1.165, 1.54) is 0 Å². The molecule has 0 fully saturated rings. The Kier molecular flexibility index (Phi) is 5.25. The molecule has 0 aliphatic heterocycles. The zero-order valence-electron chi connectivity index (χ0n) is 16.6. The number of aryl methyl sites for hydroxylation is 1. The smallest absolute Gasteiger partial charge is 0.221 e. The van der Waals surface area contributed by atoms with E-state index in [0.29, 0.717) is 18.4 Å². The molecular weight excluding hydrogens is 360 g/mol. The Labute approximate surface area is 170 Å². The van der Waals surface area contributed by atoms with Gasteiger partial charge in [-0.05, 0) is 54.8 Å². The second-order valence-corrected chi connectivity index (χ2v) is 6.92. The molecule has 0 radical (unpaired) electrons. The van der Waals surface area contributed by atoms with Gasteiger partial charge in [-0.3, -0.25) is 0 Å². The summed E-state index contributed by atoms with van der Waals surface area (Å²) in [7, 11) is 0. The van der Waals surface area contributed by atoms with E-state index in [4.69, 9.17) is 9.15 Å². The van der Waals surface area contributed by atoms with E-state index in [1.807, 2.05) is 86.7 Å². The average Bonchev–Trinajstić information content (AvgIpc) is 3.15. The number of hydrogen-bond donors (Lipinski definition) is 0. The molecule has 2 aromatic heterocycles. The number of ether oxygens (including phenoxy) is 1. The highest BCUT2D eigenvalue weighted by Gasteiger charge is 2.11. The van der Waals surface area contributed by atoms with Gasteiger partial charge < -0.3 is 9.15 Å². The quantitative estimate of drug-likeness (QED) is 0.392.